The van der Waals surface area contributed by atoms with Gasteiger partial charge in [-0.3, -0.25) is 9.59 Å². The number of halogens is 1. The molecule has 1 aromatic rings. The number of hydrogen-bond acceptors (Lipinski definition) is 8. The number of carbonyl (C=O) groups excluding carboxylic acids is 1. The molecule has 0 amide bonds. The van der Waals surface area contributed by atoms with Gasteiger partial charge in [-0.1, -0.05) is 0 Å². The molecule has 0 saturated heterocycles. The Morgan fingerprint density at radius 3 is 2.48 bits per heavy atom. The van der Waals surface area contributed by atoms with Crippen molar-refractivity contribution in [2.24, 2.45) is 0 Å². The Morgan fingerprint density at radius 2 is 2.00 bits per heavy atom. The number of aliphatic hydroxyl groups is 3. The molecule has 0 atom stereocenters. The summed E-state index contributed by atoms with van der Waals surface area (Å²) in [6, 6.07) is 0. The molecule has 0 aromatic carbocycles. The summed E-state index contributed by atoms with van der Waals surface area (Å²) in [4.78, 5) is 23.2. The summed E-state index contributed by atoms with van der Waals surface area (Å²) in [5, 5.41) is 34.2. The zero-order valence-corrected chi connectivity index (χ0v) is 12.8. The number of methoxy groups -OCH3 is 1. The van der Waals surface area contributed by atoms with Crippen LogP contribution in [-0.4, -0.2) is 63.5 Å². The Bertz CT molecular complexity index is 549. The minimum absolute atomic E-state index is 0.0427. The van der Waals surface area contributed by atoms with E-state index in [1.165, 1.54) is 13.3 Å². The first kappa shape index (κ1) is 17.6. The van der Waals surface area contributed by atoms with Crippen molar-refractivity contribution in [3.05, 3.63) is 21.0 Å². The third-order valence-electron chi connectivity index (χ3n) is 2.80. The minimum Gasteiger partial charge on any atom is -0.468 e. The lowest BCUT2D eigenvalue weighted by atomic mass is 10.0. The van der Waals surface area contributed by atoms with E-state index in [1.54, 1.807) is 0 Å². The monoisotopic (exact) mass is 365 g/mol. The van der Waals surface area contributed by atoms with Crippen LogP contribution in [0.15, 0.2) is 15.5 Å². The lowest BCUT2D eigenvalue weighted by molar-refractivity contribution is -0.141. The van der Waals surface area contributed by atoms with Crippen molar-refractivity contribution in [3.8, 4) is 0 Å². The molecule has 0 radical (unpaired) electrons. The van der Waals surface area contributed by atoms with E-state index < -0.39 is 36.9 Å². The molecule has 0 fully saturated rings. The molecule has 118 valence electrons. The van der Waals surface area contributed by atoms with Gasteiger partial charge in [-0.15, -0.1) is 0 Å². The van der Waals surface area contributed by atoms with Crippen LogP contribution in [0.5, 0.6) is 0 Å². The summed E-state index contributed by atoms with van der Waals surface area (Å²) in [6.45, 7) is -2.02. The van der Waals surface area contributed by atoms with Gasteiger partial charge in [0.2, 0.25) is 0 Å². The molecule has 21 heavy (non-hydrogen) atoms. The summed E-state index contributed by atoms with van der Waals surface area (Å²) in [7, 11) is 1.19. The molecule has 9 nitrogen and oxygen atoms in total. The molecule has 0 unspecified atom stereocenters. The standard InChI is InChI=1S/C11H16BrN3O6/c1-21-8(19)3-15-10(20)9(12)7(2-13-15)14-11(4-16,5-17)6-18/h2,14,16-18H,3-6H2,1H3. The van der Waals surface area contributed by atoms with Gasteiger partial charge < -0.3 is 25.4 Å². The number of anilines is 1. The minimum atomic E-state index is -1.40. The average molecular weight is 366 g/mol. The number of esters is 1. The summed E-state index contributed by atoms with van der Waals surface area (Å²) in [6.07, 6.45) is 1.23. The van der Waals surface area contributed by atoms with E-state index in [4.69, 9.17) is 0 Å². The highest BCUT2D eigenvalue weighted by atomic mass is 79.9. The highest BCUT2D eigenvalue weighted by Gasteiger charge is 2.29. The highest BCUT2D eigenvalue weighted by Crippen LogP contribution is 2.20. The second kappa shape index (κ2) is 7.50. The van der Waals surface area contributed by atoms with Crippen molar-refractivity contribution >= 4 is 27.6 Å². The fraction of sp³-hybridized carbons (Fsp3) is 0.545. The number of nitrogens with one attached hydrogen (secondary N) is 1. The van der Waals surface area contributed by atoms with Crippen molar-refractivity contribution in [2.45, 2.75) is 12.1 Å². The number of aromatic nitrogens is 2. The van der Waals surface area contributed by atoms with Gasteiger partial charge in [-0.05, 0) is 15.9 Å². The fourth-order valence-corrected chi connectivity index (χ4v) is 1.81. The maximum atomic E-state index is 12.0. The Hall–Kier alpha value is -1.49. The topological polar surface area (TPSA) is 134 Å². The quantitative estimate of drug-likeness (QED) is 0.420. The molecular weight excluding hydrogens is 350 g/mol. The van der Waals surface area contributed by atoms with Crippen molar-refractivity contribution in [1.82, 2.24) is 9.78 Å². The predicted octanol–water partition coefficient (Wildman–Crippen LogP) is -1.69. The van der Waals surface area contributed by atoms with Gasteiger partial charge in [-0.25, -0.2) is 4.68 Å². The lowest BCUT2D eigenvalue weighted by Crippen LogP contribution is -2.49. The van der Waals surface area contributed by atoms with Gasteiger partial charge in [0.05, 0.1) is 38.8 Å². The molecule has 0 aliphatic carbocycles. The van der Waals surface area contributed by atoms with Crippen LogP contribution in [0.4, 0.5) is 5.69 Å². The van der Waals surface area contributed by atoms with Gasteiger partial charge in [0, 0.05) is 0 Å². The van der Waals surface area contributed by atoms with E-state index in [1.807, 2.05) is 0 Å². The number of ether oxygens (including phenoxy) is 1. The Balaban J connectivity index is 3.10. The Labute approximate surface area is 128 Å². The van der Waals surface area contributed by atoms with Crippen LogP contribution in [0, 0.1) is 0 Å². The van der Waals surface area contributed by atoms with Gasteiger partial charge in [-0.2, -0.15) is 5.10 Å². The number of hydrogen-bond donors (Lipinski definition) is 4. The van der Waals surface area contributed by atoms with Crippen molar-refractivity contribution in [2.75, 3.05) is 32.2 Å². The molecule has 0 bridgehead atoms. The number of aliphatic hydroxyl groups excluding tert-OH is 3. The first-order valence-corrected chi connectivity index (χ1v) is 6.65. The fourth-order valence-electron chi connectivity index (χ4n) is 1.41. The molecule has 1 heterocycles. The number of carbonyl (C=O) groups is 1. The maximum Gasteiger partial charge on any atom is 0.327 e. The highest BCUT2D eigenvalue weighted by molar-refractivity contribution is 9.10. The molecule has 4 N–H and O–H groups in total. The first-order chi connectivity index (χ1) is 9.92. The van der Waals surface area contributed by atoms with Crippen LogP contribution < -0.4 is 10.9 Å². The predicted molar refractivity (Wildman–Crippen MR) is 75.8 cm³/mol. The third kappa shape index (κ3) is 4.00. The van der Waals surface area contributed by atoms with Crippen LogP contribution in [0.1, 0.15) is 0 Å². The van der Waals surface area contributed by atoms with Gasteiger partial charge in [0.15, 0.2) is 0 Å². The zero-order valence-electron chi connectivity index (χ0n) is 11.2. The lowest BCUT2D eigenvalue weighted by Gasteiger charge is -2.30. The van der Waals surface area contributed by atoms with Crippen molar-refractivity contribution < 1.29 is 24.9 Å². The van der Waals surface area contributed by atoms with Gasteiger partial charge >= 0.3 is 5.97 Å². The molecule has 0 saturated carbocycles. The molecule has 1 aromatic heterocycles. The normalized spacial score (nSPS) is 11.3. The zero-order chi connectivity index (χ0) is 16.0. The van der Waals surface area contributed by atoms with E-state index in [9.17, 15) is 24.9 Å². The van der Waals surface area contributed by atoms with E-state index in [-0.39, 0.29) is 16.7 Å². The summed E-state index contributed by atoms with van der Waals surface area (Å²) in [5.41, 5.74) is -1.84. The average Bonchev–Trinajstić information content (AvgIpc) is 2.51. The van der Waals surface area contributed by atoms with Crippen LogP contribution in [-0.2, 0) is 16.1 Å². The van der Waals surface area contributed by atoms with Crippen LogP contribution >= 0.6 is 15.9 Å². The molecule has 0 spiro atoms. The SMILES string of the molecule is COC(=O)Cn1ncc(NC(CO)(CO)CO)c(Br)c1=O. The molecule has 1 rings (SSSR count). The largest absolute Gasteiger partial charge is 0.468 e. The molecular formula is C11H16BrN3O6. The second-order valence-corrected chi connectivity index (χ2v) is 5.08. The van der Waals surface area contributed by atoms with Gasteiger partial charge in [0.1, 0.15) is 16.6 Å². The summed E-state index contributed by atoms with van der Waals surface area (Å²) >= 11 is 3.05. The Morgan fingerprint density at radius 1 is 1.43 bits per heavy atom. The molecule has 0 aliphatic heterocycles. The van der Waals surface area contributed by atoms with E-state index >= 15 is 0 Å². The van der Waals surface area contributed by atoms with Crippen molar-refractivity contribution in [3.63, 3.8) is 0 Å². The molecule has 10 heteroatoms. The summed E-state index contributed by atoms with van der Waals surface area (Å²) < 4.78 is 5.37. The smallest absolute Gasteiger partial charge is 0.327 e. The summed E-state index contributed by atoms with van der Waals surface area (Å²) in [5.74, 6) is -0.632. The van der Waals surface area contributed by atoms with Gasteiger partial charge in [0.25, 0.3) is 5.56 Å². The second-order valence-electron chi connectivity index (χ2n) is 4.29. The van der Waals surface area contributed by atoms with Crippen LogP contribution in [0.3, 0.4) is 0 Å². The van der Waals surface area contributed by atoms with E-state index in [0.29, 0.717) is 0 Å². The van der Waals surface area contributed by atoms with E-state index in [0.717, 1.165) is 4.68 Å². The first-order valence-electron chi connectivity index (χ1n) is 5.86. The van der Waals surface area contributed by atoms with Crippen LogP contribution in [0.25, 0.3) is 0 Å². The van der Waals surface area contributed by atoms with E-state index in [2.05, 4.69) is 31.1 Å². The van der Waals surface area contributed by atoms with Crippen molar-refractivity contribution in [1.29, 1.82) is 0 Å². The number of rotatable bonds is 7. The molecule has 0 aliphatic rings. The maximum absolute atomic E-state index is 12.0. The Kier molecular flexibility index (Phi) is 6.27. The van der Waals surface area contributed by atoms with Crippen LogP contribution in [0.2, 0.25) is 0 Å². The number of nitrogens with zero attached hydrogens (tertiary/aromatic N) is 2. The third-order valence-corrected chi connectivity index (χ3v) is 3.57.